The predicted molar refractivity (Wildman–Crippen MR) is 83.6 cm³/mol. The van der Waals surface area contributed by atoms with Crippen LogP contribution in [0, 0.1) is 28.5 Å². The van der Waals surface area contributed by atoms with Gasteiger partial charge in [0.25, 0.3) is 0 Å². The molecule has 0 bridgehead atoms. The van der Waals surface area contributed by atoms with Crippen LogP contribution in [0.1, 0.15) is 16.7 Å². The maximum atomic E-state index is 13.6. The van der Waals surface area contributed by atoms with E-state index in [2.05, 4.69) is 11.1 Å². The molecule has 24 heavy (non-hydrogen) atoms. The Kier molecular flexibility index (Phi) is 3.96. The normalized spacial score (nSPS) is 10.1. The fourth-order valence-corrected chi connectivity index (χ4v) is 2.37. The number of fused-ring (bicyclic) bond motifs is 1. The summed E-state index contributed by atoms with van der Waals surface area (Å²) in [4.78, 5) is 3.85. The average molecular weight is 319 g/mol. The van der Waals surface area contributed by atoms with Crippen molar-refractivity contribution in [3.63, 3.8) is 0 Å². The second-order valence-corrected chi connectivity index (χ2v) is 4.97. The van der Waals surface area contributed by atoms with Crippen LogP contribution in [-0.4, -0.2) is 10.1 Å². The van der Waals surface area contributed by atoms with Crippen molar-refractivity contribution in [3.05, 3.63) is 65.0 Å². The summed E-state index contributed by atoms with van der Waals surface area (Å²) < 4.78 is 19.1. The van der Waals surface area contributed by atoms with Gasteiger partial charge in [0, 0.05) is 16.3 Å². The molecular formula is C18H10FN3O2. The second kappa shape index (κ2) is 6.23. The predicted octanol–water partition coefficient (Wildman–Crippen LogP) is 3.40. The zero-order valence-electron chi connectivity index (χ0n) is 12.3. The summed E-state index contributed by atoms with van der Waals surface area (Å²) in [6, 6.07) is 14.5. The summed E-state index contributed by atoms with van der Waals surface area (Å²) in [7, 11) is 0. The first kappa shape index (κ1) is 15.3. The number of hydrogen-bond donors (Lipinski definition) is 1. The molecule has 0 aliphatic heterocycles. The molecule has 1 heterocycles. The van der Waals surface area contributed by atoms with Crippen molar-refractivity contribution in [2.75, 3.05) is 0 Å². The van der Waals surface area contributed by atoms with E-state index < -0.39 is 11.7 Å². The Morgan fingerprint density at radius 1 is 1.08 bits per heavy atom. The average Bonchev–Trinajstić information content (AvgIpc) is 2.60. The van der Waals surface area contributed by atoms with Gasteiger partial charge in [-0.2, -0.15) is 15.5 Å². The lowest BCUT2D eigenvalue weighted by atomic mass is 10.1. The number of pyridine rings is 1. The van der Waals surface area contributed by atoms with E-state index in [0.717, 1.165) is 0 Å². The summed E-state index contributed by atoms with van der Waals surface area (Å²) in [6.45, 7) is 0.0215. The van der Waals surface area contributed by atoms with Crippen LogP contribution in [0.3, 0.4) is 0 Å². The van der Waals surface area contributed by atoms with E-state index in [1.54, 1.807) is 24.3 Å². The molecule has 0 radical (unpaired) electrons. The largest absolute Gasteiger partial charge is 0.492 e. The number of nitrogens with zero attached hydrogens (tertiary/aromatic N) is 3. The van der Waals surface area contributed by atoms with E-state index in [4.69, 9.17) is 15.3 Å². The Morgan fingerprint density at radius 3 is 2.62 bits per heavy atom. The lowest BCUT2D eigenvalue weighted by molar-refractivity contribution is 0.292. The summed E-state index contributed by atoms with van der Waals surface area (Å²) in [5.74, 6) is -1.00. The van der Waals surface area contributed by atoms with Gasteiger partial charge in [-0.1, -0.05) is 18.2 Å². The Labute approximate surface area is 136 Å². The van der Waals surface area contributed by atoms with Crippen molar-refractivity contribution in [1.29, 1.82) is 10.5 Å². The second-order valence-electron chi connectivity index (χ2n) is 4.97. The Morgan fingerprint density at radius 2 is 1.88 bits per heavy atom. The highest BCUT2D eigenvalue weighted by molar-refractivity contribution is 5.92. The number of halogens is 1. The van der Waals surface area contributed by atoms with Crippen molar-refractivity contribution in [2.24, 2.45) is 0 Å². The highest BCUT2D eigenvalue weighted by atomic mass is 19.1. The number of ether oxygens (including phenoxy) is 1. The van der Waals surface area contributed by atoms with Gasteiger partial charge in [0.15, 0.2) is 0 Å². The molecule has 0 saturated carbocycles. The van der Waals surface area contributed by atoms with E-state index in [0.29, 0.717) is 16.5 Å². The third kappa shape index (κ3) is 2.69. The monoisotopic (exact) mass is 319 g/mol. The van der Waals surface area contributed by atoms with Crippen LogP contribution in [0.5, 0.6) is 11.8 Å². The van der Waals surface area contributed by atoms with Crippen LogP contribution in [0.4, 0.5) is 4.39 Å². The summed E-state index contributed by atoms with van der Waals surface area (Å²) >= 11 is 0. The fraction of sp³-hybridized carbons (Fsp3) is 0.0556. The van der Waals surface area contributed by atoms with Gasteiger partial charge in [-0.05, 0) is 24.3 Å². The van der Waals surface area contributed by atoms with Gasteiger partial charge in [0.05, 0.1) is 11.6 Å². The SMILES string of the molecule is N#Cc1ccccc1COc1nc(O)c(C#N)c2ccc(F)cc12. The molecule has 3 rings (SSSR count). The molecule has 2 aromatic carbocycles. The van der Waals surface area contributed by atoms with Crippen molar-refractivity contribution >= 4 is 10.8 Å². The van der Waals surface area contributed by atoms with Gasteiger partial charge in [0.2, 0.25) is 11.8 Å². The van der Waals surface area contributed by atoms with Gasteiger partial charge in [0.1, 0.15) is 24.1 Å². The number of rotatable bonds is 3. The van der Waals surface area contributed by atoms with E-state index in [-0.39, 0.29) is 23.4 Å². The maximum absolute atomic E-state index is 13.6. The third-order valence-electron chi connectivity index (χ3n) is 3.53. The quantitative estimate of drug-likeness (QED) is 0.799. The summed E-state index contributed by atoms with van der Waals surface area (Å²) in [5.41, 5.74) is 1.04. The molecule has 6 heteroatoms. The van der Waals surface area contributed by atoms with E-state index >= 15 is 0 Å². The highest BCUT2D eigenvalue weighted by Crippen LogP contribution is 2.32. The van der Waals surface area contributed by atoms with Gasteiger partial charge in [-0.15, -0.1) is 0 Å². The molecule has 0 spiro atoms. The molecule has 0 aliphatic carbocycles. The Balaban J connectivity index is 2.06. The number of aromatic nitrogens is 1. The van der Waals surface area contributed by atoms with Crippen LogP contribution in [0.2, 0.25) is 0 Å². The standard InChI is InChI=1S/C18H10FN3O2/c19-13-5-6-14-15(7-13)18(22-17(23)16(14)9-21)24-10-12-4-2-1-3-11(12)8-20/h1-7H,10H2,(H,22,23). The number of nitriles is 2. The molecule has 1 aromatic heterocycles. The molecular weight excluding hydrogens is 309 g/mol. The first-order chi connectivity index (χ1) is 11.6. The molecule has 5 nitrogen and oxygen atoms in total. The van der Waals surface area contributed by atoms with Gasteiger partial charge >= 0.3 is 0 Å². The van der Waals surface area contributed by atoms with Crippen molar-refractivity contribution in [3.8, 4) is 23.9 Å². The number of hydrogen-bond acceptors (Lipinski definition) is 5. The summed E-state index contributed by atoms with van der Waals surface area (Å²) in [6.07, 6.45) is 0. The summed E-state index contributed by atoms with van der Waals surface area (Å²) in [5, 5.41) is 28.7. The first-order valence-electron chi connectivity index (χ1n) is 6.97. The molecule has 0 atom stereocenters. The van der Waals surface area contributed by atoms with E-state index in [9.17, 15) is 9.50 Å². The lowest BCUT2D eigenvalue weighted by Gasteiger charge is -2.11. The molecule has 0 aliphatic rings. The number of benzene rings is 2. The topological polar surface area (TPSA) is 89.9 Å². The lowest BCUT2D eigenvalue weighted by Crippen LogP contribution is -2.01. The molecule has 0 amide bonds. The molecule has 3 aromatic rings. The van der Waals surface area contributed by atoms with Crippen LogP contribution in [0.25, 0.3) is 10.8 Å². The molecule has 0 saturated heterocycles. The minimum Gasteiger partial charge on any atom is -0.492 e. The van der Waals surface area contributed by atoms with Gasteiger partial charge in [-0.25, -0.2) is 4.39 Å². The Hall–Kier alpha value is -3.64. The molecule has 1 N–H and O–H groups in total. The maximum Gasteiger partial charge on any atom is 0.233 e. The minimum atomic E-state index is -0.513. The van der Waals surface area contributed by atoms with Crippen molar-refractivity contribution < 1.29 is 14.2 Å². The van der Waals surface area contributed by atoms with Crippen molar-refractivity contribution in [2.45, 2.75) is 6.61 Å². The zero-order chi connectivity index (χ0) is 17.1. The zero-order valence-corrected chi connectivity index (χ0v) is 12.3. The van der Waals surface area contributed by atoms with E-state index in [1.807, 2.05) is 6.07 Å². The minimum absolute atomic E-state index is 0.00579. The first-order valence-corrected chi connectivity index (χ1v) is 6.97. The van der Waals surface area contributed by atoms with Crippen LogP contribution >= 0.6 is 0 Å². The van der Waals surface area contributed by atoms with Gasteiger partial charge in [-0.3, -0.25) is 0 Å². The fourth-order valence-electron chi connectivity index (χ4n) is 2.37. The Bertz CT molecular complexity index is 1020. The van der Waals surface area contributed by atoms with Crippen molar-refractivity contribution in [1.82, 2.24) is 4.98 Å². The number of aromatic hydroxyl groups is 1. The van der Waals surface area contributed by atoms with Crippen LogP contribution < -0.4 is 4.74 Å². The van der Waals surface area contributed by atoms with Crippen LogP contribution in [-0.2, 0) is 6.61 Å². The highest BCUT2D eigenvalue weighted by Gasteiger charge is 2.15. The molecule has 0 unspecified atom stereocenters. The molecule has 116 valence electrons. The smallest absolute Gasteiger partial charge is 0.233 e. The molecule has 0 fully saturated rings. The van der Waals surface area contributed by atoms with E-state index in [1.165, 1.54) is 18.2 Å². The third-order valence-corrected chi connectivity index (χ3v) is 3.53. The van der Waals surface area contributed by atoms with Crippen LogP contribution in [0.15, 0.2) is 42.5 Å². The van der Waals surface area contributed by atoms with Gasteiger partial charge < -0.3 is 9.84 Å².